The Bertz CT molecular complexity index is 1170. The molecule has 0 spiro atoms. The summed E-state index contributed by atoms with van der Waals surface area (Å²) in [5.41, 5.74) is 5.40. The van der Waals surface area contributed by atoms with E-state index in [2.05, 4.69) is 21.5 Å². The Morgan fingerprint density at radius 1 is 1.26 bits per heavy atom. The van der Waals surface area contributed by atoms with E-state index < -0.39 is 0 Å². The minimum absolute atomic E-state index is 0.116. The fraction of sp³-hybridized carbons (Fsp3) is 0.304. The highest BCUT2D eigenvalue weighted by molar-refractivity contribution is 6.34. The number of halogens is 1. The van der Waals surface area contributed by atoms with Gasteiger partial charge in [-0.1, -0.05) is 22.8 Å². The molecule has 1 atom stereocenters. The van der Waals surface area contributed by atoms with Gasteiger partial charge in [-0.3, -0.25) is 14.6 Å². The van der Waals surface area contributed by atoms with Crippen molar-refractivity contribution in [3.8, 4) is 11.1 Å². The Kier molecular flexibility index (Phi) is 5.54. The molecule has 31 heavy (non-hydrogen) atoms. The highest BCUT2D eigenvalue weighted by Crippen LogP contribution is 2.36. The average molecular weight is 439 g/mol. The van der Waals surface area contributed by atoms with E-state index in [0.717, 1.165) is 22.4 Å². The van der Waals surface area contributed by atoms with Crippen LogP contribution in [0.25, 0.3) is 11.1 Å². The summed E-state index contributed by atoms with van der Waals surface area (Å²) in [4.78, 5) is 30.7. The molecule has 2 aromatic heterocycles. The number of anilines is 1. The molecular weight excluding hydrogens is 416 g/mol. The van der Waals surface area contributed by atoms with Crippen molar-refractivity contribution < 1.29 is 14.1 Å². The summed E-state index contributed by atoms with van der Waals surface area (Å²) in [5.74, 6) is 0.314. The molecule has 1 aromatic carbocycles. The van der Waals surface area contributed by atoms with E-state index in [1.165, 1.54) is 0 Å². The molecule has 4 rings (SSSR count). The highest BCUT2D eigenvalue weighted by atomic mass is 35.5. The molecular formula is C23H23ClN4O3. The zero-order valence-electron chi connectivity index (χ0n) is 17.8. The first-order chi connectivity index (χ1) is 14.8. The minimum Gasteiger partial charge on any atom is -0.361 e. The summed E-state index contributed by atoms with van der Waals surface area (Å²) in [6.07, 6.45) is 4.56. The van der Waals surface area contributed by atoms with Gasteiger partial charge in [-0.2, -0.15) is 0 Å². The van der Waals surface area contributed by atoms with Crippen LogP contribution in [0.3, 0.4) is 0 Å². The average Bonchev–Trinajstić information content (AvgIpc) is 3.08. The van der Waals surface area contributed by atoms with Gasteiger partial charge < -0.3 is 14.7 Å². The SMILES string of the molecule is Cc1noc(C)c1C(=O)N[C@H](C)c1cncc(-c2ccc3c(c2)CCC(=O)N3C)c1Cl. The molecule has 160 valence electrons. The Balaban J connectivity index is 1.63. The molecule has 7 nitrogen and oxygen atoms in total. The molecule has 1 N–H and O–H groups in total. The number of fused-ring (bicyclic) bond motifs is 1. The second-order valence-electron chi connectivity index (χ2n) is 7.78. The maximum Gasteiger partial charge on any atom is 0.257 e. The van der Waals surface area contributed by atoms with E-state index in [1.807, 2.05) is 19.1 Å². The monoisotopic (exact) mass is 438 g/mol. The topological polar surface area (TPSA) is 88.3 Å². The summed E-state index contributed by atoms with van der Waals surface area (Å²) >= 11 is 6.76. The number of carbonyl (C=O) groups excluding carboxylic acids is 2. The maximum absolute atomic E-state index is 12.7. The molecule has 0 radical (unpaired) electrons. The third-order valence-corrected chi connectivity index (χ3v) is 6.14. The van der Waals surface area contributed by atoms with Crippen molar-refractivity contribution in [2.75, 3.05) is 11.9 Å². The zero-order valence-corrected chi connectivity index (χ0v) is 18.6. The second-order valence-corrected chi connectivity index (χ2v) is 8.16. The van der Waals surface area contributed by atoms with E-state index in [1.54, 1.807) is 38.2 Å². The number of benzene rings is 1. The Hall–Kier alpha value is -3.19. The lowest BCUT2D eigenvalue weighted by atomic mass is 9.95. The lowest BCUT2D eigenvalue weighted by Crippen LogP contribution is -2.31. The van der Waals surface area contributed by atoms with Crippen molar-refractivity contribution in [1.82, 2.24) is 15.5 Å². The molecule has 3 heterocycles. The highest BCUT2D eigenvalue weighted by Gasteiger charge is 2.24. The van der Waals surface area contributed by atoms with Crippen LogP contribution in [0.5, 0.6) is 0 Å². The molecule has 0 saturated carbocycles. The number of hydrogen-bond donors (Lipinski definition) is 1. The molecule has 2 amide bonds. The first kappa shape index (κ1) is 21.1. The van der Waals surface area contributed by atoms with Crippen LogP contribution in [0.15, 0.2) is 35.1 Å². The van der Waals surface area contributed by atoms with Gasteiger partial charge in [0.15, 0.2) is 0 Å². The molecule has 1 aliphatic heterocycles. The summed E-state index contributed by atoms with van der Waals surface area (Å²) in [6, 6.07) is 5.56. The van der Waals surface area contributed by atoms with Crippen molar-refractivity contribution in [3.63, 3.8) is 0 Å². The van der Waals surface area contributed by atoms with Crippen LogP contribution in [-0.4, -0.2) is 29.0 Å². The van der Waals surface area contributed by atoms with E-state index in [-0.39, 0.29) is 17.9 Å². The molecule has 0 fully saturated rings. The van der Waals surface area contributed by atoms with Crippen LogP contribution in [0.4, 0.5) is 5.69 Å². The fourth-order valence-corrected chi connectivity index (χ4v) is 4.31. The van der Waals surface area contributed by atoms with Crippen molar-refractivity contribution in [1.29, 1.82) is 0 Å². The second kappa shape index (κ2) is 8.15. The smallest absolute Gasteiger partial charge is 0.257 e. The predicted octanol–water partition coefficient (Wildman–Crippen LogP) is 4.41. The number of nitrogens with zero attached hydrogens (tertiary/aromatic N) is 3. The van der Waals surface area contributed by atoms with Gasteiger partial charge in [0.05, 0.1) is 16.8 Å². The third kappa shape index (κ3) is 3.81. The summed E-state index contributed by atoms with van der Waals surface area (Å²) in [6.45, 7) is 5.29. The normalized spacial score (nSPS) is 14.4. The van der Waals surface area contributed by atoms with Gasteiger partial charge in [-0.05, 0) is 50.5 Å². The van der Waals surface area contributed by atoms with Crippen LogP contribution < -0.4 is 10.2 Å². The fourth-order valence-electron chi connectivity index (χ4n) is 3.94. The number of pyridine rings is 1. The van der Waals surface area contributed by atoms with Gasteiger partial charge in [-0.15, -0.1) is 0 Å². The van der Waals surface area contributed by atoms with Crippen molar-refractivity contribution in [2.24, 2.45) is 0 Å². The third-order valence-electron chi connectivity index (χ3n) is 5.72. The molecule has 8 heteroatoms. The van der Waals surface area contributed by atoms with E-state index in [0.29, 0.717) is 40.4 Å². The molecule has 1 aliphatic rings. The number of carbonyl (C=O) groups is 2. The van der Waals surface area contributed by atoms with Gasteiger partial charge in [0.2, 0.25) is 5.91 Å². The first-order valence-corrected chi connectivity index (χ1v) is 10.4. The van der Waals surface area contributed by atoms with Gasteiger partial charge in [-0.25, -0.2) is 0 Å². The maximum atomic E-state index is 12.7. The van der Waals surface area contributed by atoms with Crippen LogP contribution in [0.1, 0.15) is 52.3 Å². The number of nitrogens with one attached hydrogen (secondary N) is 1. The Labute approximate surface area is 185 Å². The van der Waals surface area contributed by atoms with Crippen molar-refractivity contribution in [3.05, 3.63) is 63.8 Å². The predicted molar refractivity (Wildman–Crippen MR) is 118 cm³/mol. The molecule has 0 saturated heterocycles. The summed E-state index contributed by atoms with van der Waals surface area (Å²) < 4.78 is 5.09. The van der Waals surface area contributed by atoms with Crippen molar-refractivity contribution >= 4 is 29.1 Å². The first-order valence-electron chi connectivity index (χ1n) is 10.0. The molecule has 0 unspecified atom stereocenters. The van der Waals surface area contributed by atoms with Crippen LogP contribution >= 0.6 is 11.6 Å². The number of rotatable bonds is 4. The van der Waals surface area contributed by atoms with E-state index in [4.69, 9.17) is 16.1 Å². The Morgan fingerprint density at radius 3 is 2.74 bits per heavy atom. The van der Waals surface area contributed by atoms with Crippen molar-refractivity contribution in [2.45, 2.75) is 39.7 Å². The quantitative estimate of drug-likeness (QED) is 0.651. The number of amides is 2. The zero-order chi connectivity index (χ0) is 22.3. The number of aromatic nitrogens is 2. The van der Waals surface area contributed by atoms with E-state index >= 15 is 0 Å². The standard InChI is InChI=1S/C23H23ClN4O3/c1-12(26-23(30)21-13(2)27-31-14(21)3)17-10-25-11-18(22(17)24)15-5-7-19-16(9-15)6-8-20(29)28(19)4/h5,7,9-12H,6,8H2,1-4H3,(H,26,30)/t12-/m1/s1. The van der Waals surface area contributed by atoms with E-state index in [9.17, 15) is 9.59 Å². The molecule has 0 aliphatic carbocycles. The van der Waals surface area contributed by atoms with Gasteiger partial charge in [0, 0.05) is 42.7 Å². The van der Waals surface area contributed by atoms with Crippen LogP contribution in [0.2, 0.25) is 5.02 Å². The van der Waals surface area contributed by atoms with Gasteiger partial charge >= 0.3 is 0 Å². The van der Waals surface area contributed by atoms with Crippen LogP contribution in [-0.2, 0) is 11.2 Å². The summed E-state index contributed by atoms with van der Waals surface area (Å²) in [7, 11) is 1.79. The minimum atomic E-state index is -0.373. The van der Waals surface area contributed by atoms with Gasteiger partial charge in [0.1, 0.15) is 11.3 Å². The molecule has 3 aromatic rings. The summed E-state index contributed by atoms with van der Waals surface area (Å²) in [5, 5.41) is 7.32. The number of aryl methyl sites for hydroxylation is 3. The van der Waals surface area contributed by atoms with Crippen LogP contribution in [0, 0.1) is 13.8 Å². The lowest BCUT2D eigenvalue weighted by Gasteiger charge is -2.26. The largest absolute Gasteiger partial charge is 0.361 e. The molecule has 0 bridgehead atoms. The van der Waals surface area contributed by atoms with Gasteiger partial charge in [0.25, 0.3) is 5.91 Å². The lowest BCUT2D eigenvalue weighted by molar-refractivity contribution is -0.118. The number of hydrogen-bond acceptors (Lipinski definition) is 5. The Morgan fingerprint density at radius 2 is 2.03 bits per heavy atom.